The summed E-state index contributed by atoms with van der Waals surface area (Å²) >= 11 is 0. The Balaban J connectivity index is 2.19. The lowest BCUT2D eigenvalue weighted by Gasteiger charge is -2.33. The number of likely N-dealkylation sites (N-methyl/N-ethyl adjacent to an activating group) is 1. The number of esters is 1. The predicted molar refractivity (Wildman–Crippen MR) is 110 cm³/mol. The Bertz CT molecular complexity index is 1040. The van der Waals surface area contributed by atoms with Crippen molar-refractivity contribution in [3.05, 3.63) is 45.4 Å². The van der Waals surface area contributed by atoms with E-state index in [1.165, 1.54) is 15.4 Å². The Morgan fingerprint density at radius 2 is 2.10 bits per heavy atom. The molecule has 0 aliphatic carbocycles. The molecule has 0 saturated carbocycles. The Kier molecular flexibility index (Phi) is 6.29. The normalized spacial score (nSPS) is 15.4. The maximum Gasteiger partial charge on any atom is 0.348 e. The first kappa shape index (κ1) is 20.6. The summed E-state index contributed by atoms with van der Waals surface area (Å²) in [5.74, 6) is -0.230. The predicted octanol–water partition coefficient (Wildman–Crippen LogP) is 0.198. The van der Waals surface area contributed by atoms with Gasteiger partial charge in [0, 0.05) is 6.20 Å². The van der Waals surface area contributed by atoms with Gasteiger partial charge >= 0.3 is 5.97 Å². The van der Waals surface area contributed by atoms with Crippen molar-refractivity contribution in [2.45, 2.75) is 20.8 Å². The molecule has 0 radical (unpaired) electrons. The number of ether oxygens (including phenoxy) is 1. The van der Waals surface area contributed by atoms with E-state index in [9.17, 15) is 14.9 Å². The number of quaternary nitrogens is 1. The molecule has 8 heteroatoms. The number of pyridine rings is 1. The number of fused-ring (bicyclic) bond motifs is 1. The fraction of sp³-hybridized carbons (Fsp3) is 0.429. The van der Waals surface area contributed by atoms with Crippen LogP contribution >= 0.6 is 0 Å². The second-order valence-corrected chi connectivity index (χ2v) is 7.02. The molecule has 0 aromatic carbocycles. The second-order valence-electron chi connectivity index (χ2n) is 7.02. The molecule has 2 aromatic rings. The quantitative estimate of drug-likeness (QED) is 0.441. The van der Waals surface area contributed by atoms with Crippen LogP contribution in [0.15, 0.2) is 28.7 Å². The largest absolute Gasteiger partial charge is 0.462 e. The van der Waals surface area contributed by atoms with Crippen LogP contribution in [-0.4, -0.2) is 54.7 Å². The molecule has 1 saturated heterocycles. The number of rotatable bonds is 5. The van der Waals surface area contributed by atoms with Gasteiger partial charge in [0.1, 0.15) is 23.1 Å². The zero-order valence-electron chi connectivity index (χ0n) is 17.1. The van der Waals surface area contributed by atoms with Crippen LogP contribution in [-0.2, 0) is 9.53 Å². The van der Waals surface area contributed by atoms with Crippen LogP contribution < -0.4 is 15.4 Å². The van der Waals surface area contributed by atoms with Crippen LogP contribution in [0.1, 0.15) is 25.0 Å². The SMILES string of the molecule is CCOC(=O)/C(C#N)=C\c1c(N2CC[NH+](CC)CC2)nc2c(C)cccn2c1=O. The molecule has 1 aliphatic heterocycles. The van der Waals surface area contributed by atoms with Crippen LogP contribution in [0.2, 0.25) is 0 Å². The molecule has 3 rings (SSSR count). The van der Waals surface area contributed by atoms with Crippen LogP contribution in [0.5, 0.6) is 0 Å². The Labute approximate surface area is 169 Å². The molecule has 1 N–H and O–H groups in total. The number of anilines is 1. The van der Waals surface area contributed by atoms with Crippen molar-refractivity contribution in [3.63, 3.8) is 0 Å². The van der Waals surface area contributed by atoms with E-state index in [1.54, 1.807) is 19.2 Å². The highest BCUT2D eigenvalue weighted by molar-refractivity contribution is 5.98. The van der Waals surface area contributed by atoms with E-state index in [0.717, 1.165) is 38.3 Å². The maximum absolute atomic E-state index is 13.3. The van der Waals surface area contributed by atoms with Crippen molar-refractivity contribution in [1.29, 1.82) is 5.26 Å². The number of hydrogen-bond acceptors (Lipinski definition) is 6. The summed E-state index contributed by atoms with van der Waals surface area (Å²) in [7, 11) is 0. The van der Waals surface area contributed by atoms with Crippen molar-refractivity contribution >= 4 is 23.5 Å². The molecule has 0 atom stereocenters. The number of aromatic nitrogens is 2. The monoisotopic (exact) mass is 396 g/mol. The summed E-state index contributed by atoms with van der Waals surface area (Å²) in [6.07, 6.45) is 2.96. The van der Waals surface area contributed by atoms with Crippen LogP contribution in [0.25, 0.3) is 11.7 Å². The zero-order chi connectivity index (χ0) is 21.0. The van der Waals surface area contributed by atoms with E-state index < -0.39 is 5.97 Å². The summed E-state index contributed by atoms with van der Waals surface area (Å²) in [5.41, 5.74) is 1.17. The molecule has 1 aliphatic rings. The highest BCUT2D eigenvalue weighted by Crippen LogP contribution is 2.20. The van der Waals surface area contributed by atoms with Crippen molar-refractivity contribution in [1.82, 2.24) is 9.38 Å². The van der Waals surface area contributed by atoms with Gasteiger partial charge in [0.05, 0.1) is 44.9 Å². The maximum atomic E-state index is 13.3. The number of aryl methyl sites for hydroxylation is 1. The third-order valence-electron chi connectivity index (χ3n) is 5.24. The van der Waals surface area contributed by atoms with E-state index in [2.05, 4.69) is 11.8 Å². The first-order valence-electron chi connectivity index (χ1n) is 9.89. The zero-order valence-corrected chi connectivity index (χ0v) is 17.1. The van der Waals surface area contributed by atoms with Gasteiger partial charge in [0.15, 0.2) is 0 Å². The van der Waals surface area contributed by atoms with Crippen molar-refractivity contribution in [2.75, 3.05) is 44.2 Å². The Morgan fingerprint density at radius 3 is 2.72 bits per heavy atom. The van der Waals surface area contributed by atoms with Crippen LogP contribution in [0.3, 0.4) is 0 Å². The summed E-state index contributed by atoms with van der Waals surface area (Å²) in [6, 6.07) is 5.53. The van der Waals surface area contributed by atoms with Gasteiger partial charge in [0.25, 0.3) is 5.56 Å². The minimum atomic E-state index is -0.741. The Hall–Kier alpha value is -3.18. The van der Waals surface area contributed by atoms with Gasteiger partial charge in [-0.3, -0.25) is 9.20 Å². The van der Waals surface area contributed by atoms with E-state index in [1.807, 2.05) is 19.1 Å². The van der Waals surface area contributed by atoms with Crippen molar-refractivity contribution in [3.8, 4) is 6.07 Å². The minimum Gasteiger partial charge on any atom is -0.462 e. The van der Waals surface area contributed by atoms with Gasteiger partial charge in [-0.15, -0.1) is 0 Å². The van der Waals surface area contributed by atoms with Crippen LogP contribution in [0.4, 0.5) is 5.82 Å². The Morgan fingerprint density at radius 1 is 1.38 bits per heavy atom. The molecular weight excluding hydrogens is 370 g/mol. The topological polar surface area (TPSA) is 92.1 Å². The molecular formula is C21H26N5O3+. The molecule has 1 fully saturated rings. The standard InChI is InChI=1S/C21H25N5O3/c1-4-24-9-11-25(12-10-24)19-17(13-16(14-22)21(28)29-5-2)20(27)26-8-6-7-15(3)18(26)23-19/h6-8,13H,4-5,9-12H2,1-3H3/p+1/b16-13-. The van der Waals surface area contributed by atoms with E-state index >= 15 is 0 Å². The molecule has 0 unspecified atom stereocenters. The molecule has 3 heterocycles. The average Bonchev–Trinajstić information content (AvgIpc) is 2.74. The third-order valence-corrected chi connectivity index (χ3v) is 5.24. The van der Waals surface area contributed by atoms with Gasteiger partial charge in [-0.2, -0.15) is 5.26 Å². The minimum absolute atomic E-state index is 0.153. The molecule has 152 valence electrons. The molecule has 0 amide bonds. The molecule has 2 aromatic heterocycles. The summed E-state index contributed by atoms with van der Waals surface area (Å²) in [6.45, 7) is 10.3. The fourth-order valence-corrected chi connectivity index (χ4v) is 3.55. The lowest BCUT2D eigenvalue weighted by Crippen LogP contribution is -3.14. The smallest absolute Gasteiger partial charge is 0.348 e. The van der Waals surface area contributed by atoms with Gasteiger partial charge < -0.3 is 14.5 Å². The highest BCUT2D eigenvalue weighted by atomic mass is 16.5. The van der Waals surface area contributed by atoms with E-state index in [0.29, 0.717) is 11.5 Å². The average molecular weight is 396 g/mol. The number of nitriles is 1. The summed E-state index contributed by atoms with van der Waals surface area (Å²) in [4.78, 5) is 33.7. The molecule has 0 bridgehead atoms. The van der Waals surface area contributed by atoms with E-state index in [-0.39, 0.29) is 23.3 Å². The number of piperazine rings is 1. The van der Waals surface area contributed by atoms with Crippen LogP contribution in [0, 0.1) is 18.3 Å². The van der Waals surface area contributed by atoms with Gasteiger partial charge in [-0.05, 0) is 38.5 Å². The number of nitrogens with one attached hydrogen (secondary N) is 1. The first-order valence-corrected chi connectivity index (χ1v) is 9.89. The molecule has 0 spiro atoms. The fourth-order valence-electron chi connectivity index (χ4n) is 3.55. The number of nitrogens with zero attached hydrogens (tertiary/aromatic N) is 4. The summed E-state index contributed by atoms with van der Waals surface area (Å²) in [5, 5.41) is 9.44. The molecule has 29 heavy (non-hydrogen) atoms. The summed E-state index contributed by atoms with van der Waals surface area (Å²) < 4.78 is 6.41. The first-order chi connectivity index (χ1) is 14.0. The van der Waals surface area contributed by atoms with Gasteiger partial charge in [-0.25, -0.2) is 9.78 Å². The van der Waals surface area contributed by atoms with Gasteiger partial charge in [0.2, 0.25) is 0 Å². The highest BCUT2D eigenvalue weighted by Gasteiger charge is 2.25. The number of carbonyl (C=O) groups is 1. The third kappa shape index (κ3) is 4.15. The lowest BCUT2D eigenvalue weighted by atomic mass is 10.1. The van der Waals surface area contributed by atoms with E-state index in [4.69, 9.17) is 9.72 Å². The second kappa shape index (κ2) is 8.88. The lowest BCUT2D eigenvalue weighted by molar-refractivity contribution is -0.898. The number of hydrogen-bond donors (Lipinski definition) is 1. The van der Waals surface area contributed by atoms with Crippen molar-refractivity contribution in [2.24, 2.45) is 0 Å². The number of carbonyl (C=O) groups excluding carboxylic acids is 1. The molecule has 8 nitrogen and oxygen atoms in total. The van der Waals surface area contributed by atoms with Gasteiger partial charge in [-0.1, -0.05) is 6.07 Å². The van der Waals surface area contributed by atoms with Crippen molar-refractivity contribution < 1.29 is 14.4 Å².